The summed E-state index contributed by atoms with van der Waals surface area (Å²) < 4.78 is 33.8. The van der Waals surface area contributed by atoms with Gasteiger partial charge < -0.3 is 9.32 Å². The Bertz CT molecular complexity index is 1230. The topological polar surface area (TPSA) is 61.9 Å². The molecule has 0 bridgehead atoms. The summed E-state index contributed by atoms with van der Waals surface area (Å²) in [7, 11) is -0.508. The Balaban J connectivity index is 1.54. The average molecular weight is 467 g/mol. The van der Waals surface area contributed by atoms with Gasteiger partial charge in [-0.15, -0.1) is 0 Å². The third-order valence-electron chi connectivity index (χ3n) is 5.30. The van der Waals surface area contributed by atoms with Crippen LogP contribution in [0.4, 0.5) is 5.69 Å². The van der Waals surface area contributed by atoms with E-state index in [1.54, 1.807) is 18.2 Å². The van der Waals surface area contributed by atoms with E-state index in [-0.39, 0.29) is 4.90 Å². The molecule has 0 amide bonds. The minimum Gasteiger partial charge on any atom is -0.429 e. The molecule has 0 aliphatic carbocycles. The lowest BCUT2D eigenvalue weighted by atomic mass is 10.2. The molecule has 2 heterocycles. The van der Waals surface area contributed by atoms with Gasteiger partial charge in [-0.3, -0.25) is 9.47 Å². The molecule has 3 aromatic rings. The largest absolute Gasteiger partial charge is 0.429 e. The number of anilines is 1. The first-order valence-corrected chi connectivity index (χ1v) is 11.8. The maximum Gasteiger partial charge on any atom is 0.270 e. The van der Waals surface area contributed by atoms with Crippen molar-refractivity contribution in [3.8, 4) is 0 Å². The fourth-order valence-electron chi connectivity index (χ4n) is 3.57. The highest BCUT2D eigenvalue weighted by molar-refractivity contribution is 7.89. The molecule has 30 heavy (non-hydrogen) atoms. The van der Waals surface area contributed by atoms with Crippen molar-refractivity contribution in [2.45, 2.75) is 11.6 Å². The number of sulfonamides is 1. The van der Waals surface area contributed by atoms with Crippen molar-refractivity contribution in [1.29, 1.82) is 0 Å². The summed E-state index contributed by atoms with van der Waals surface area (Å²) in [6.45, 7) is 3.96. The van der Waals surface area contributed by atoms with Gasteiger partial charge in [-0.25, -0.2) is 12.7 Å². The van der Waals surface area contributed by atoms with Crippen LogP contribution < -0.4 is 4.90 Å². The molecule has 0 unspecified atom stereocenters. The van der Waals surface area contributed by atoms with Crippen LogP contribution in [0, 0.1) is 4.84 Å². The van der Waals surface area contributed by atoms with E-state index in [1.807, 2.05) is 22.8 Å². The molecular formula is C20H23ClN4O3S2. The van der Waals surface area contributed by atoms with Crippen molar-refractivity contribution in [3.63, 3.8) is 0 Å². The summed E-state index contributed by atoms with van der Waals surface area (Å²) in [5.41, 5.74) is 2.38. The second-order valence-corrected chi connectivity index (χ2v) is 10.4. The number of benzene rings is 2. The SMILES string of the molecule is CN(C)S(=O)(=O)c1ccc2oc(=S)n(CN3CCN(c4cccc(Cl)c4)CC3)c2c1. The van der Waals surface area contributed by atoms with Gasteiger partial charge in [-0.1, -0.05) is 17.7 Å². The second kappa shape index (κ2) is 8.32. The summed E-state index contributed by atoms with van der Waals surface area (Å²) in [6.07, 6.45) is 0. The van der Waals surface area contributed by atoms with Gasteiger partial charge in [0.15, 0.2) is 5.58 Å². The standard InChI is InChI=1S/C20H23ClN4O3S2/c1-22(2)30(26,27)17-6-7-19-18(13-17)25(20(29)28-19)14-23-8-10-24(11-9-23)16-5-3-4-15(21)12-16/h3-7,12-13H,8-11,14H2,1-2H3. The molecule has 0 spiro atoms. The number of hydrogen-bond donors (Lipinski definition) is 0. The molecular weight excluding hydrogens is 444 g/mol. The maximum absolute atomic E-state index is 12.5. The first kappa shape index (κ1) is 21.3. The third kappa shape index (κ3) is 4.13. The van der Waals surface area contributed by atoms with E-state index in [2.05, 4.69) is 15.9 Å². The molecule has 1 aliphatic heterocycles. The smallest absolute Gasteiger partial charge is 0.270 e. The number of rotatable bonds is 5. The number of halogens is 1. The number of oxazole rings is 1. The molecule has 1 saturated heterocycles. The molecule has 10 heteroatoms. The Morgan fingerprint density at radius 2 is 1.83 bits per heavy atom. The zero-order chi connectivity index (χ0) is 21.5. The summed E-state index contributed by atoms with van der Waals surface area (Å²) in [6, 6.07) is 12.7. The van der Waals surface area contributed by atoms with E-state index in [0.29, 0.717) is 22.6 Å². The number of hydrogen-bond acceptors (Lipinski definition) is 6. The van der Waals surface area contributed by atoms with Gasteiger partial charge in [0.2, 0.25) is 10.0 Å². The van der Waals surface area contributed by atoms with Crippen molar-refractivity contribution >= 4 is 50.6 Å². The van der Waals surface area contributed by atoms with Gasteiger partial charge in [-0.05, 0) is 48.6 Å². The molecule has 0 atom stereocenters. The summed E-state index contributed by atoms with van der Waals surface area (Å²) in [5.74, 6) is 0. The van der Waals surface area contributed by atoms with E-state index in [9.17, 15) is 8.42 Å². The van der Waals surface area contributed by atoms with Crippen LogP contribution in [0.3, 0.4) is 0 Å². The molecule has 160 valence electrons. The fraction of sp³-hybridized carbons (Fsp3) is 0.350. The van der Waals surface area contributed by atoms with Crippen molar-refractivity contribution in [1.82, 2.24) is 13.8 Å². The number of fused-ring (bicyclic) bond motifs is 1. The van der Waals surface area contributed by atoms with Crippen LogP contribution in [0.25, 0.3) is 11.1 Å². The van der Waals surface area contributed by atoms with Crippen LogP contribution in [0.2, 0.25) is 5.02 Å². The average Bonchev–Trinajstić information content (AvgIpc) is 3.03. The molecule has 7 nitrogen and oxygen atoms in total. The lowest BCUT2D eigenvalue weighted by Crippen LogP contribution is -2.46. The van der Waals surface area contributed by atoms with E-state index >= 15 is 0 Å². The quantitative estimate of drug-likeness (QED) is 0.535. The van der Waals surface area contributed by atoms with E-state index in [1.165, 1.54) is 18.4 Å². The van der Waals surface area contributed by atoms with Gasteiger partial charge in [0, 0.05) is 51.0 Å². The van der Waals surface area contributed by atoms with Crippen LogP contribution in [-0.2, 0) is 16.7 Å². The summed E-state index contributed by atoms with van der Waals surface area (Å²) in [4.78, 5) is 5.13. The Morgan fingerprint density at radius 3 is 2.50 bits per heavy atom. The summed E-state index contributed by atoms with van der Waals surface area (Å²) >= 11 is 11.5. The maximum atomic E-state index is 12.5. The second-order valence-electron chi connectivity index (χ2n) is 7.44. The van der Waals surface area contributed by atoms with Crippen LogP contribution in [0.5, 0.6) is 0 Å². The first-order chi connectivity index (χ1) is 14.3. The zero-order valence-corrected chi connectivity index (χ0v) is 19.2. The van der Waals surface area contributed by atoms with Gasteiger partial charge in [-0.2, -0.15) is 0 Å². The molecule has 0 radical (unpaired) electrons. The van der Waals surface area contributed by atoms with E-state index < -0.39 is 10.0 Å². The lowest BCUT2D eigenvalue weighted by molar-refractivity contribution is 0.204. The minimum absolute atomic E-state index is 0.218. The molecule has 1 fully saturated rings. The van der Waals surface area contributed by atoms with Crippen LogP contribution in [0.15, 0.2) is 51.8 Å². The van der Waals surface area contributed by atoms with Crippen LogP contribution in [-0.4, -0.2) is 62.5 Å². The molecule has 2 aromatic carbocycles. The molecule has 4 rings (SSSR count). The van der Waals surface area contributed by atoms with Crippen LogP contribution >= 0.6 is 23.8 Å². The number of piperazine rings is 1. The number of nitrogens with zero attached hydrogens (tertiary/aromatic N) is 4. The van der Waals surface area contributed by atoms with Gasteiger partial charge in [0.25, 0.3) is 4.84 Å². The zero-order valence-electron chi connectivity index (χ0n) is 16.8. The highest BCUT2D eigenvalue weighted by atomic mass is 35.5. The lowest BCUT2D eigenvalue weighted by Gasteiger charge is -2.36. The van der Waals surface area contributed by atoms with Crippen molar-refractivity contribution in [2.24, 2.45) is 0 Å². The van der Waals surface area contributed by atoms with Gasteiger partial charge in [0.05, 0.1) is 17.1 Å². The molecule has 0 N–H and O–H groups in total. The first-order valence-electron chi connectivity index (χ1n) is 9.54. The van der Waals surface area contributed by atoms with Crippen molar-refractivity contribution in [3.05, 3.63) is 52.3 Å². The van der Waals surface area contributed by atoms with E-state index in [4.69, 9.17) is 28.2 Å². The Morgan fingerprint density at radius 1 is 1.10 bits per heavy atom. The monoisotopic (exact) mass is 466 g/mol. The Labute approximate surface area is 186 Å². The van der Waals surface area contributed by atoms with Gasteiger partial charge in [0.1, 0.15) is 0 Å². The van der Waals surface area contributed by atoms with Crippen molar-refractivity contribution in [2.75, 3.05) is 45.2 Å². The minimum atomic E-state index is -3.54. The molecule has 1 aromatic heterocycles. The van der Waals surface area contributed by atoms with Crippen LogP contribution in [0.1, 0.15) is 0 Å². The highest BCUT2D eigenvalue weighted by Crippen LogP contribution is 2.25. The fourth-order valence-corrected chi connectivity index (χ4v) is 4.92. The summed E-state index contributed by atoms with van der Waals surface area (Å²) in [5, 5.41) is 0.731. The molecule has 1 aliphatic rings. The Hall–Kier alpha value is -1.91. The number of aromatic nitrogens is 1. The highest BCUT2D eigenvalue weighted by Gasteiger charge is 2.22. The predicted octanol–water partition coefficient (Wildman–Crippen LogP) is 3.65. The normalized spacial score (nSPS) is 15.9. The van der Waals surface area contributed by atoms with Gasteiger partial charge >= 0.3 is 0 Å². The van der Waals surface area contributed by atoms with Crippen molar-refractivity contribution < 1.29 is 12.8 Å². The van der Waals surface area contributed by atoms with E-state index in [0.717, 1.165) is 36.9 Å². The Kier molecular flexibility index (Phi) is 5.91. The molecule has 0 saturated carbocycles. The third-order valence-corrected chi connectivity index (χ3v) is 7.65. The predicted molar refractivity (Wildman–Crippen MR) is 121 cm³/mol.